The van der Waals surface area contributed by atoms with E-state index in [9.17, 15) is 18.0 Å². The summed E-state index contributed by atoms with van der Waals surface area (Å²) in [6.45, 7) is 4.76. The number of aryl methyl sites for hydroxylation is 2. The third kappa shape index (κ3) is 5.04. The average molecular weight is 382 g/mol. The van der Waals surface area contributed by atoms with Crippen molar-refractivity contribution >= 4 is 21.9 Å². The fourth-order valence-corrected chi connectivity index (χ4v) is 4.53. The van der Waals surface area contributed by atoms with Crippen molar-refractivity contribution in [3.05, 3.63) is 29.3 Å². The van der Waals surface area contributed by atoms with Crippen LogP contribution in [0.5, 0.6) is 0 Å². The first-order chi connectivity index (χ1) is 12.2. The van der Waals surface area contributed by atoms with Gasteiger partial charge in [0, 0.05) is 32.0 Å². The topological polar surface area (TPSA) is 104 Å². The van der Waals surface area contributed by atoms with Crippen molar-refractivity contribution < 1.29 is 23.1 Å². The van der Waals surface area contributed by atoms with Crippen molar-refractivity contribution in [2.45, 2.75) is 44.4 Å². The zero-order chi connectivity index (χ0) is 19.3. The standard InChI is InChI=1S/C18H26N2O5S/c1-13-5-6-16(12-14(13)2)26(24,25)20-10-7-15(8-11-20)18(23)19-9-3-4-17(21)22/h5-6,12,15H,3-4,7-11H2,1-2H3,(H,19,23)(H,21,22). The Bertz CT molecular complexity index is 768. The van der Waals surface area contributed by atoms with Crippen molar-refractivity contribution in [1.82, 2.24) is 9.62 Å². The second-order valence-electron chi connectivity index (χ2n) is 6.71. The highest BCUT2D eigenvalue weighted by Crippen LogP contribution is 2.25. The van der Waals surface area contributed by atoms with E-state index in [1.807, 2.05) is 13.8 Å². The molecule has 0 aliphatic carbocycles. The molecule has 1 aliphatic heterocycles. The normalized spacial score (nSPS) is 16.4. The van der Waals surface area contributed by atoms with Gasteiger partial charge in [-0.25, -0.2) is 8.42 Å². The van der Waals surface area contributed by atoms with Gasteiger partial charge in [0.15, 0.2) is 0 Å². The summed E-state index contributed by atoms with van der Waals surface area (Å²) >= 11 is 0. The third-order valence-corrected chi connectivity index (χ3v) is 6.70. The van der Waals surface area contributed by atoms with E-state index < -0.39 is 16.0 Å². The Labute approximate surface area is 154 Å². The zero-order valence-corrected chi connectivity index (χ0v) is 16.0. The number of hydrogen-bond acceptors (Lipinski definition) is 4. The number of piperidine rings is 1. The molecule has 144 valence electrons. The number of carboxylic acid groups (broad SMARTS) is 1. The lowest BCUT2D eigenvalue weighted by Crippen LogP contribution is -2.43. The van der Waals surface area contributed by atoms with E-state index in [1.54, 1.807) is 18.2 Å². The summed E-state index contributed by atoms with van der Waals surface area (Å²) in [6.07, 6.45) is 1.34. The highest BCUT2D eigenvalue weighted by Gasteiger charge is 2.32. The Morgan fingerprint density at radius 1 is 1.19 bits per heavy atom. The molecule has 1 aromatic carbocycles. The summed E-state index contributed by atoms with van der Waals surface area (Å²) in [6, 6.07) is 5.12. The van der Waals surface area contributed by atoms with E-state index in [-0.39, 0.29) is 23.1 Å². The number of carbonyl (C=O) groups excluding carboxylic acids is 1. The Balaban J connectivity index is 1.89. The Morgan fingerprint density at radius 3 is 2.42 bits per heavy atom. The summed E-state index contributed by atoms with van der Waals surface area (Å²) in [5, 5.41) is 11.3. The first kappa shape index (κ1) is 20.4. The second-order valence-corrected chi connectivity index (χ2v) is 8.65. The van der Waals surface area contributed by atoms with Crippen LogP contribution in [0.4, 0.5) is 0 Å². The fourth-order valence-electron chi connectivity index (χ4n) is 2.98. The van der Waals surface area contributed by atoms with Gasteiger partial charge in [0.05, 0.1) is 4.90 Å². The van der Waals surface area contributed by atoms with Gasteiger partial charge in [-0.1, -0.05) is 6.07 Å². The van der Waals surface area contributed by atoms with E-state index in [1.165, 1.54) is 4.31 Å². The molecule has 1 fully saturated rings. The number of hydrogen-bond donors (Lipinski definition) is 2. The van der Waals surface area contributed by atoms with Gasteiger partial charge in [0.1, 0.15) is 0 Å². The number of benzene rings is 1. The maximum absolute atomic E-state index is 12.8. The van der Waals surface area contributed by atoms with Crippen LogP contribution in [0.15, 0.2) is 23.1 Å². The molecule has 1 aromatic rings. The number of carboxylic acids is 1. The van der Waals surface area contributed by atoms with Crippen molar-refractivity contribution in [2.24, 2.45) is 5.92 Å². The maximum atomic E-state index is 12.8. The molecule has 0 spiro atoms. The summed E-state index contributed by atoms with van der Waals surface area (Å²) in [5.74, 6) is -1.24. The van der Waals surface area contributed by atoms with Gasteiger partial charge < -0.3 is 10.4 Å². The molecular formula is C18H26N2O5S. The molecule has 2 rings (SSSR count). The molecule has 0 saturated carbocycles. The number of aliphatic carboxylic acids is 1. The number of amides is 1. The molecule has 26 heavy (non-hydrogen) atoms. The molecule has 1 aliphatic rings. The molecule has 8 heteroatoms. The van der Waals surface area contributed by atoms with Crippen LogP contribution >= 0.6 is 0 Å². The van der Waals surface area contributed by atoms with Crippen LogP contribution in [-0.4, -0.2) is 49.3 Å². The largest absolute Gasteiger partial charge is 0.481 e. The van der Waals surface area contributed by atoms with Crippen molar-refractivity contribution in [1.29, 1.82) is 0 Å². The molecule has 2 N–H and O–H groups in total. The monoisotopic (exact) mass is 382 g/mol. The van der Waals surface area contributed by atoms with Crippen LogP contribution in [0.2, 0.25) is 0 Å². The van der Waals surface area contributed by atoms with Gasteiger partial charge in [-0.2, -0.15) is 4.31 Å². The van der Waals surface area contributed by atoms with Gasteiger partial charge in [-0.05, 0) is 56.4 Å². The first-order valence-electron chi connectivity index (χ1n) is 8.78. The fraction of sp³-hybridized carbons (Fsp3) is 0.556. The predicted molar refractivity (Wildman–Crippen MR) is 97.3 cm³/mol. The number of rotatable bonds is 7. The quantitative estimate of drug-likeness (QED) is 0.699. The molecule has 7 nitrogen and oxygen atoms in total. The minimum atomic E-state index is -3.54. The van der Waals surface area contributed by atoms with Gasteiger partial charge in [-0.3, -0.25) is 9.59 Å². The lowest BCUT2D eigenvalue weighted by Gasteiger charge is -2.30. The lowest BCUT2D eigenvalue weighted by molar-refractivity contribution is -0.137. The van der Waals surface area contributed by atoms with Gasteiger partial charge in [0.2, 0.25) is 15.9 Å². The van der Waals surface area contributed by atoms with Gasteiger partial charge in [-0.15, -0.1) is 0 Å². The smallest absolute Gasteiger partial charge is 0.303 e. The number of carbonyl (C=O) groups is 2. The number of nitrogens with one attached hydrogen (secondary N) is 1. The Hall–Kier alpha value is -1.93. The zero-order valence-electron chi connectivity index (χ0n) is 15.2. The van der Waals surface area contributed by atoms with Gasteiger partial charge in [0.25, 0.3) is 0 Å². The van der Waals surface area contributed by atoms with Crippen LogP contribution in [-0.2, 0) is 19.6 Å². The highest BCUT2D eigenvalue weighted by molar-refractivity contribution is 7.89. The molecule has 0 aromatic heterocycles. The maximum Gasteiger partial charge on any atom is 0.303 e. The first-order valence-corrected chi connectivity index (χ1v) is 10.2. The summed E-state index contributed by atoms with van der Waals surface area (Å²) in [7, 11) is -3.54. The third-order valence-electron chi connectivity index (χ3n) is 4.81. The Kier molecular flexibility index (Phi) is 6.77. The molecule has 1 amide bonds. The summed E-state index contributed by atoms with van der Waals surface area (Å²) in [5.41, 5.74) is 1.98. The summed E-state index contributed by atoms with van der Waals surface area (Å²) < 4.78 is 27.0. The van der Waals surface area contributed by atoms with Crippen LogP contribution < -0.4 is 5.32 Å². The van der Waals surface area contributed by atoms with Gasteiger partial charge >= 0.3 is 5.97 Å². The van der Waals surface area contributed by atoms with Crippen molar-refractivity contribution in [2.75, 3.05) is 19.6 Å². The predicted octanol–water partition coefficient (Wildman–Crippen LogP) is 1.69. The van der Waals surface area contributed by atoms with Crippen LogP contribution in [0.1, 0.15) is 36.8 Å². The molecule has 0 atom stereocenters. The lowest BCUT2D eigenvalue weighted by atomic mass is 9.97. The molecule has 0 radical (unpaired) electrons. The Morgan fingerprint density at radius 2 is 1.85 bits per heavy atom. The molecular weight excluding hydrogens is 356 g/mol. The average Bonchev–Trinajstić information content (AvgIpc) is 2.60. The molecule has 1 saturated heterocycles. The van der Waals surface area contributed by atoms with E-state index in [2.05, 4.69) is 5.32 Å². The van der Waals surface area contributed by atoms with Crippen molar-refractivity contribution in [3.63, 3.8) is 0 Å². The van der Waals surface area contributed by atoms with E-state index in [0.717, 1.165) is 11.1 Å². The second kappa shape index (κ2) is 8.64. The molecule has 0 unspecified atom stereocenters. The molecule has 1 heterocycles. The van der Waals surface area contributed by atoms with E-state index in [0.29, 0.717) is 38.9 Å². The minimum Gasteiger partial charge on any atom is -0.481 e. The number of sulfonamides is 1. The van der Waals surface area contributed by atoms with E-state index >= 15 is 0 Å². The van der Waals surface area contributed by atoms with E-state index in [4.69, 9.17) is 5.11 Å². The SMILES string of the molecule is Cc1ccc(S(=O)(=O)N2CCC(C(=O)NCCCC(=O)O)CC2)cc1C. The minimum absolute atomic E-state index is 0.0208. The molecule has 0 bridgehead atoms. The van der Waals surface area contributed by atoms with Crippen LogP contribution in [0, 0.1) is 19.8 Å². The number of nitrogens with zero attached hydrogens (tertiary/aromatic N) is 1. The van der Waals surface area contributed by atoms with Crippen LogP contribution in [0.25, 0.3) is 0 Å². The highest BCUT2D eigenvalue weighted by atomic mass is 32.2. The summed E-state index contributed by atoms with van der Waals surface area (Å²) in [4.78, 5) is 22.9. The van der Waals surface area contributed by atoms with Crippen molar-refractivity contribution in [3.8, 4) is 0 Å². The van der Waals surface area contributed by atoms with Crippen LogP contribution in [0.3, 0.4) is 0 Å².